The summed E-state index contributed by atoms with van der Waals surface area (Å²) in [5.74, 6) is 1.64. The molecule has 6 nitrogen and oxygen atoms in total. The van der Waals surface area contributed by atoms with Gasteiger partial charge >= 0.3 is 0 Å². The molecule has 0 aromatic heterocycles. The Kier molecular flexibility index (Phi) is 8.61. The topological polar surface area (TPSA) is 77.4 Å². The van der Waals surface area contributed by atoms with Gasteiger partial charge in [0.25, 0.3) is 0 Å². The smallest absolute Gasteiger partial charge is 0.126 e. The van der Waals surface area contributed by atoms with Gasteiger partial charge < -0.3 is 29.2 Å². The summed E-state index contributed by atoms with van der Waals surface area (Å²) >= 11 is 0. The van der Waals surface area contributed by atoms with Crippen LogP contribution in [0.1, 0.15) is 5.56 Å². The highest BCUT2D eigenvalue weighted by Crippen LogP contribution is 2.28. The first-order valence-corrected chi connectivity index (χ1v) is 8.18. The predicted octanol–water partition coefficient (Wildman–Crippen LogP) is 2.02. The van der Waals surface area contributed by atoms with Crippen molar-refractivity contribution in [3.8, 4) is 17.2 Å². The molecule has 2 aromatic rings. The van der Waals surface area contributed by atoms with Gasteiger partial charge in [0, 0.05) is 18.2 Å². The van der Waals surface area contributed by atoms with E-state index in [0.29, 0.717) is 37.1 Å². The lowest BCUT2D eigenvalue weighted by Gasteiger charge is -2.12. The second-order valence-electron chi connectivity index (χ2n) is 5.17. The number of aliphatic hydroxyl groups excluding tert-OH is 2. The Morgan fingerprint density at radius 2 is 1.16 bits per heavy atom. The van der Waals surface area contributed by atoms with Gasteiger partial charge in [-0.25, -0.2) is 0 Å². The van der Waals surface area contributed by atoms with Crippen molar-refractivity contribution >= 4 is 0 Å². The molecule has 0 aliphatic heterocycles. The number of hydrogen-bond acceptors (Lipinski definition) is 6. The molecule has 0 aliphatic rings. The van der Waals surface area contributed by atoms with Gasteiger partial charge in [-0.3, -0.25) is 0 Å². The zero-order chi connectivity index (χ0) is 17.7. The highest BCUT2D eigenvalue weighted by atomic mass is 16.5. The molecule has 136 valence electrons. The summed E-state index contributed by atoms with van der Waals surface area (Å²) in [6, 6.07) is 15.1. The minimum Gasteiger partial charge on any atom is -0.491 e. The fraction of sp³-hybridized carbons (Fsp3) is 0.368. The summed E-state index contributed by atoms with van der Waals surface area (Å²) in [7, 11) is 0. The Labute approximate surface area is 147 Å². The summed E-state index contributed by atoms with van der Waals surface area (Å²) in [5, 5.41) is 17.7. The Hall–Kier alpha value is -2.28. The predicted molar refractivity (Wildman–Crippen MR) is 93.2 cm³/mol. The standard InChI is InChI=1S/C19H24O6/c20-6-8-23-17-12-18(24-9-7-21)14-19(13-17)25-11-10-22-15-16-4-2-1-3-5-16/h1-5,12-14,20-21H,6-11,15H2. The van der Waals surface area contributed by atoms with Crippen molar-refractivity contribution < 1.29 is 29.2 Å². The third-order valence-corrected chi connectivity index (χ3v) is 3.18. The summed E-state index contributed by atoms with van der Waals surface area (Å²) in [6.07, 6.45) is 0. The molecule has 0 saturated carbocycles. The first kappa shape index (κ1) is 19.1. The van der Waals surface area contributed by atoms with E-state index >= 15 is 0 Å². The maximum absolute atomic E-state index is 8.86. The molecule has 6 heteroatoms. The Balaban J connectivity index is 1.82. The number of hydrogen-bond donors (Lipinski definition) is 2. The molecule has 0 spiro atoms. The van der Waals surface area contributed by atoms with Gasteiger partial charge in [0.05, 0.1) is 26.4 Å². The molecular weight excluding hydrogens is 324 g/mol. The van der Waals surface area contributed by atoms with Crippen LogP contribution in [0, 0.1) is 0 Å². The Bertz CT molecular complexity index is 576. The molecule has 0 atom stereocenters. The van der Waals surface area contributed by atoms with E-state index < -0.39 is 0 Å². The maximum Gasteiger partial charge on any atom is 0.126 e. The first-order chi connectivity index (χ1) is 12.3. The van der Waals surface area contributed by atoms with Crippen molar-refractivity contribution in [2.75, 3.05) is 39.6 Å². The summed E-state index contributed by atoms with van der Waals surface area (Å²) in [5.41, 5.74) is 1.11. The maximum atomic E-state index is 8.86. The molecule has 2 aromatic carbocycles. The van der Waals surface area contributed by atoms with E-state index in [1.54, 1.807) is 18.2 Å². The van der Waals surface area contributed by atoms with Gasteiger partial charge in [0.15, 0.2) is 0 Å². The van der Waals surface area contributed by atoms with Gasteiger partial charge in [0.1, 0.15) is 37.1 Å². The van der Waals surface area contributed by atoms with E-state index in [2.05, 4.69) is 0 Å². The van der Waals surface area contributed by atoms with Crippen LogP contribution >= 0.6 is 0 Å². The van der Waals surface area contributed by atoms with Gasteiger partial charge in [-0.05, 0) is 5.56 Å². The quantitative estimate of drug-likeness (QED) is 0.572. The summed E-state index contributed by atoms with van der Waals surface area (Å²) in [6.45, 7) is 1.58. The van der Waals surface area contributed by atoms with Gasteiger partial charge in [-0.1, -0.05) is 30.3 Å². The van der Waals surface area contributed by atoms with Crippen molar-refractivity contribution in [2.45, 2.75) is 6.61 Å². The van der Waals surface area contributed by atoms with Gasteiger partial charge in [-0.15, -0.1) is 0 Å². The normalized spacial score (nSPS) is 10.5. The van der Waals surface area contributed by atoms with E-state index in [1.807, 2.05) is 30.3 Å². The summed E-state index contributed by atoms with van der Waals surface area (Å²) in [4.78, 5) is 0. The molecule has 0 heterocycles. The van der Waals surface area contributed by atoms with E-state index in [0.717, 1.165) is 5.56 Å². The van der Waals surface area contributed by atoms with Crippen molar-refractivity contribution in [1.82, 2.24) is 0 Å². The van der Waals surface area contributed by atoms with Crippen molar-refractivity contribution in [3.63, 3.8) is 0 Å². The van der Waals surface area contributed by atoms with Gasteiger partial charge in [-0.2, -0.15) is 0 Å². The van der Waals surface area contributed by atoms with Crippen LogP contribution in [0.2, 0.25) is 0 Å². The lowest BCUT2D eigenvalue weighted by Crippen LogP contribution is -2.08. The van der Waals surface area contributed by atoms with Crippen LogP contribution in [-0.4, -0.2) is 49.9 Å². The molecule has 0 radical (unpaired) electrons. The number of ether oxygens (including phenoxy) is 4. The zero-order valence-corrected chi connectivity index (χ0v) is 14.1. The molecular formula is C19H24O6. The molecule has 25 heavy (non-hydrogen) atoms. The number of aliphatic hydroxyl groups is 2. The molecule has 2 N–H and O–H groups in total. The highest BCUT2D eigenvalue weighted by Gasteiger charge is 2.05. The molecule has 0 saturated heterocycles. The molecule has 2 rings (SSSR count). The first-order valence-electron chi connectivity index (χ1n) is 8.18. The second-order valence-corrected chi connectivity index (χ2v) is 5.17. The van der Waals surface area contributed by atoms with Crippen LogP contribution in [0.3, 0.4) is 0 Å². The van der Waals surface area contributed by atoms with Crippen LogP contribution in [-0.2, 0) is 11.3 Å². The average molecular weight is 348 g/mol. The minimum absolute atomic E-state index is 0.0781. The van der Waals surface area contributed by atoms with E-state index in [4.69, 9.17) is 29.2 Å². The van der Waals surface area contributed by atoms with Crippen LogP contribution in [0.5, 0.6) is 17.2 Å². The number of rotatable bonds is 12. The van der Waals surface area contributed by atoms with Crippen LogP contribution in [0.25, 0.3) is 0 Å². The molecule has 0 bridgehead atoms. The lowest BCUT2D eigenvalue weighted by molar-refractivity contribution is 0.0886. The van der Waals surface area contributed by atoms with E-state index in [1.165, 1.54) is 0 Å². The van der Waals surface area contributed by atoms with Gasteiger partial charge in [0.2, 0.25) is 0 Å². The van der Waals surface area contributed by atoms with E-state index in [-0.39, 0.29) is 26.4 Å². The van der Waals surface area contributed by atoms with Crippen LogP contribution in [0.4, 0.5) is 0 Å². The number of benzene rings is 2. The third kappa shape index (κ3) is 7.43. The SMILES string of the molecule is OCCOc1cc(OCCO)cc(OCCOCc2ccccc2)c1. The minimum atomic E-state index is -0.0781. The molecule has 0 fully saturated rings. The largest absolute Gasteiger partial charge is 0.491 e. The molecule has 0 aliphatic carbocycles. The van der Waals surface area contributed by atoms with Crippen molar-refractivity contribution in [1.29, 1.82) is 0 Å². The summed E-state index contributed by atoms with van der Waals surface area (Å²) < 4.78 is 22.0. The highest BCUT2D eigenvalue weighted by molar-refractivity contribution is 5.42. The Morgan fingerprint density at radius 3 is 1.68 bits per heavy atom. The average Bonchev–Trinajstić information content (AvgIpc) is 2.65. The van der Waals surface area contributed by atoms with Crippen LogP contribution in [0.15, 0.2) is 48.5 Å². The molecule has 0 amide bonds. The van der Waals surface area contributed by atoms with Crippen molar-refractivity contribution in [2.24, 2.45) is 0 Å². The fourth-order valence-electron chi connectivity index (χ4n) is 2.11. The fourth-order valence-corrected chi connectivity index (χ4v) is 2.11. The second kappa shape index (κ2) is 11.3. The monoisotopic (exact) mass is 348 g/mol. The van der Waals surface area contributed by atoms with E-state index in [9.17, 15) is 0 Å². The molecule has 0 unspecified atom stereocenters. The zero-order valence-electron chi connectivity index (χ0n) is 14.1. The van der Waals surface area contributed by atoms with Crippen molar-refractivity contribution in [3.05, 3.63) is 54.1 Å². The van der Waals surface area contributed by atoms with Crippen LogP contribution < -0.4 is 14.2 Å². The Morgan fingerprint density at radius 1 is 0.640 bits per heavy atom. The lowest BCUT2D eigenvalue weighted by atomic mass is 10.2. The third-order valence-electron chi connectivity index (χ3n) is 3.18.